The molecule has 24 heavy (non-hydrogen) atoms. The number of ether oxygens (including phenoxy) is 1. The van der Waals surface area contributed by atoms with Crippen LogP contribution >= 0.6 is 0 Å². The molecule has 0 aliphatic rings. The average molecular weight is 331 g/mol. The zero-order chi connectivity index (χ0) is 17.5. The topological polar surface area (TPSA) is 66.8 Å². The summed E-state index contributed by atoms with van der Waals surface area (Å²) in [5, 5.41) is 8.94. The van der Waals surface area contributed by atoms with Crippen LogP contribution in [0.5, 0.6) is 0 Å². The van der Waals surface area contributed by atoms with Gasteiger partial charge in [0.15, 0.2) is 0 Å². The molecule has 0 aromatic heterocycles. The smallest absolute Gasteiger partial charge is 0.338 e. The van der Waals surface area contributed by atoms with Crippen molar-refractivity contribution >= 4 is 17.6 Å². The molecular formula is C18H18FNO4. The molecular weight excluding hydrogens is 313 g/mol. The van der Waals surface area contributed by atoms with Crippen LogP contribution in [0.3, 0.4) is 0 Å². The van der Waals surface area contributed by atoms with Gasteiger partial charge in [-0.05, 0) is 35.9 Å². The van der Waals surface area contributed by atoms with Crippen LogP contribution in [0.15, 0.2) is 48.5 Å². The quantitative estimate of drug-likeness (QED) is 0.790. The van der Waals surface area contributed by atoms with Crippen LogP contribution in [0, 0.1) is 5.82 Å². The largest absolute Gasteiger partial charge is 0.481 e. The second kappa shape index (κ2) is 8.10. The number of carbonyl (C=O) groups excluding carboxylic acids is 1. The van der Waals surface area contributed by atoms with Crippen LogP contribution in [0.4, 0.5) is 10.1 Å². The number of hydrogen-bond donors (Lipinski definition) is 1. The number of carboxylic acid groups (broad SMARTS) is 1. The highest BCUT2D eigenvalue weighted by Crippen LogP contribution is 2.20. The first-order chi connectivity index (χ1) is 11.5. The standard InChI is InChI=1S/C18H18FNO4/c1-24-18(23)16-5-3-2-4-13(16)12-20(11-10-17(21)22)15-8-6-14(19)7-9-15/h2-9H,10-12H2,1H3,(H,21,22). The number of rotatable bonds is 7. The van der Waals surface area contributed by atoms with Crippen LogP contribution in [0.2, 0.25) is 0 Å². The Hall–Kier alpha value is -2.89. The van der Waals surface area contributed by atoms with Gasteiger partial charge in [0, 0.05) is 18.8 Å². The molecule has 0 aliphatic carbocycles. The van der Waals surface area contributed by atoms with Gasteiger partial charge in [0.05, 0.1) is 19.1 Å². The Morgan fingerprint density at radius 2 is 1.79 bits per heavy atom. The number of nitrogens with zero attached hydrogens (tertiary/aromatic N) is 1. The molecule has 5 nitrogen and oxygen atoms in total. The second-order valence-electron chi connectivity index (χ2n) is 5.19. The molecule has 2 aromatic carbocycles. The minimum absolute atomic E-state index is 0.0717. The molecule has 0 aliphatic heterocycles. The highest BCUT2D eigenvalue weighted by molar-refractivity contribution is 5.91. The van der Waals surface area contributed by atoms with Crippen LogP contribution in [-0.4, -0.2) is 30.7 Å². The second-order valence-corrected chi connectivity index (χ2v) is 5.19. The van der Waals surface area contributed by atoms with Crippen LogP contribution in [-0.2, 0) is 16.1 Å². The molecule has 0 spiro atoms. The Balaban J connectivity index is 2.30. The molecule has 0 atom stereocenters. The summed E-state index contributed by atoms with van der Waals surface area (Å²) in [6.45, 7) is 0.542. The highest BCUT2D eigenvalue weighted by atomic mass is 19.1. The first kappa shape index (κ1) is 17.5. The predicted octanol–water partition coefficient (Wildman–Crippen LogP) is 3.09. The maximum absolute atomic E-state index is 13.1. The number of anilines is 1. The SMILES string of the molecule is COC(=O)c1ccccc1CN(CCC(=O)O)c1ccc(F)cc1. The molecule has 0 bridgehead atoms. The molecule has 0 heterocycles. The Labute approximate surface area is 139 Å². The summed E-state index contributed by atoms with van der Waals surface area (Å²) >= 11 is 0. The number of esters is 1. The van der Waals surface area contributed by atoms with E-state index in [1.807, 2.05) is 0 Å². The normalized spacial score (nSPS) is 10.2. The van der Waals surface area contributed by atoms with Gasteiger partial charge in [0.2, 0.25) is 0 Å². The third-order valence-corrected chi connectivity index (χ3v) is 3.57. The summed E-state index contributed by atoms with van der Waals surface area (Å²) < 4.78 is 17.9. The predicted molar refractivity (Wildman–Crippen MR) is 87.5 cm³/mol. The molecule has 0 saturated heterocycles. The molecule has 126 valence electrons. The van der Waals surface area contributed by atoms with E-state index in [1.54, 1.807) is 41.3 Å². The third-order valence-electron chi connectivity index (χ3n) is 3.57. The van der Waals surface area contributed by atoms with Gasteiger partial charge >= 0.3 is 11.9 Å². The Morgan fingerprint density at radius 1 is 1.12 bits per heavy atom. The van der Waals surface area contributed by atoms with Crippen molar-refractivity contribution in [3.05, 3.63) is 65.5 Å². The van der Waals surface area contributed by atoms with E-state index in [9.17, 15) is 14.0 Å². The van der Waals surface area contributed by atoms with Crippen molar-refractivity contribution in [2.75, 3.05) is 18.6 Å². The molecule has 0 amide bonds. The van der Waals surface area contributed by atoms with Crippen molar-refractivity contribution in [2.45, 2.75) is 13.0 Å². The Kier molecular flexibility index (Phi) is 5.89. The molecule has 0 saturated carbocycles. The van der Waals surface area contributed by atoms with Crippen molar-refractivity contribution < 1.29 is 23.8 Å². The van der Waals surface area contributed by atoms with Crippen molar-refractivity contribution in [3.63, 3.8) is 0 Å². The molecule has 2 aromatic rings. The molecule has 0 radical (unpaired) electrons. The lowest BCUT2D eigenvalue weighted by atomic mass is 10.1. The van der Waals surface area contributed by atoms with Gasteiger partial charge in [-0.3, -0.25) is 4.79 Å². The van der Waals surface area contributed by atoms with Crippen LogP contribution in [0.25, 0.3) is 0 Å². The van der Waals surface area contributed by atoms with Gasteiger partial charge in [-0.1, -0.05) is 18.2 Å². The van der Waals surface area contributed by atoms with Crippen molar-refractivity contribution in [1.82, 2.24) is 0 Å². The molecule has 0 unspecified atom stereocenters. The molecule has 6 heteroatoms. The number of methoxy groups -OCH3 is 1. The number of carbonyl (C=O) groups is 2. The van der Waals surface area contributed by atoms with Gasteiger partial charge < -0.3 is 14.7 Å². The van der Waals surface area contributed by atoms with E-state index in [0.29, 0.717) is 23.4 Å². The molecule has 2 rings (SSSR count). The van der Waals surface area contributed by atoms with E-state index in [0.717, 1.165) is 0 Å². The molecule has 0 fully saturated rings. The van der Waals surface area contributed by atoms with Gasteiger partial charge in [-0.15, -0.1) is 0 Å². The highest BCUT2D eigenvalue weighted by Gasteiger charge is 2.15. The lowest BCUT2D eigenvalue weighted by Crippen LogP contribution is -2.26. The van der Waals surface area contributed by atoms with E-state index in [2.05, 4.69) is 0 Å². The van der Waals surface area contributed by atoms with Crippen LogP contribution in [0.1, 0.15) is 22.3 Å². The lowest BCUT2D eigenvalue weighted by molar-refractivity contribution is -0.136. The number of hydrogen-bond acceptors (Lipinski definition) is 4. The summed E-state index contributed by atoms with van der Waals surface area (Å²) in [6.07, 6.45) is -0.0717. The summed E-state index contributed by atoms with van der Waals surface area (Å²) in [5.74, 6) is -1.75. The average Bonchev–Trinajstić information content (AvgIpc) is 2.59. The zero-order valence-electron chi connectivity index (χ0n) is 13.2. The molecule has 1 N–H and O–H groups in total. The summed E-state index contributed by atoms with van der Waals surface area (Å²) in [7, 11) is 1.31. The van der Waals surface area contributed by atoms with E-state index in [4.69, 9.17) is 9.84 Å². The first-order valence-corrected chi connectivity index (χ1v) is 7.40. The van der Waals surface area contributed by atoms with Crippen LogP contribution < -0.4 is 4.90 Å². The maximum atomic E-state index is 13.1. The summed E-state index contributed by atoms with van der Waals surface area (Å²) in [6, 6.07) is 12.8. The minimum atomic E-state index is -0.927. The minimum Gasteiger partial charge on any atom is -0.481 e. The summed E-state index contributed by atoms with van der Waals surface area (Å²) in [4.78, 5) is 24.6. The lowest BCUT2D eigenvalue weighted by Gasteiger charge is -2.25. The van der Waals surface area contributed by atoms with Crippen molar-refractivity contribution in [3.8, 4) is 0 Å². The number of aliphatic carboxylic acids is 1. The fraction of sp³-hybridized carbons (Fsp3) is 0.222. The summed E-state index contributed by atoms with van der Waals surface area (Å²) in [5.41, 5.74) is 1.80. The van der Waals surface area contributed by atoms with Gasteiger partial charge in [-0.25, -0.2) is 9.18 Å². The monoisotopic (exact) mass is 331 g/mol. The fourth-order valence-electron chi connectivity index (χ4n) is 2.35. The third kappa shape index (κ3) is 4.55. The van der Waals surface area contributed by atoms with E-state index >= 15 is 0 Å². The van der Waals surface area contributed by atoms with Crippen molar-refractivity contribution in [1.29, 1.82) is 0 Å². The van der Waals surface area contributed by atoms with E-state index < -0.39 is 11.9 Å². The Morgan fingerprint density at radius 3 is 2.42 bits per heavy atom. The van der Waals surface area contributed by atoms with Gasteiger partial charge in [-0.2, -0.15) is 0 Å². The Bertz CT molecular complexity index is 715. The van der Waals surface area contributed by atoms with E-state index in [1.165, 1.54) is 19.2 Å². The number of halogens is 1. The number of benzene rings is 2. The maximum Gasteiger partial charge on any atom is 0.338 e. The van der Waals surface area contributed by atoms with E-state index in [-0.39, 0.29) is 18.8 Å². The number of carboxylic acids is 1. The zero-order valence-corrected chi connectivity index (χ0v) is 13.2. The van der Waals surface area contributed by atoms with Gasteiger partial charge in [0.1, 0.15) is 5.82 Å². The first-order valence-electron chi connectivity index (χ1n) is 7.40. The van der Waals surface area contributed by atoms with Crippen molar-refractivity contribution in [2.24, 2.45) is 0 Å². The van der Waals surface area contributed by atoms with Gasteiger partial charge in [0.25, 0.3) is 0 Å². The fourth-order valence-corrected chi connectivity index (χ4v) is 2.35.